The van der Waals surface area contributed by atoms with Crippen molar-refractivity contribution in [1.82, 2.24) is 0 Å². The Balaban J connectivity index is 1.80. The molecule has 6 heteroatoms. The van der Waals surface area contributed by atoms with E-state index < -0.39 is 11.8 Å². The van der Waals surface area contributed by atoms with Crippen LogP contribution in [0.2, 0.25) is 0 Å². The van der Waals surface area contributed by atoms with Crippen molar-refractivity contribution in [2.24, 2.45) is 11.8 Å². The molecule has 4 atom stereocenters. The molecular formula is C12H15ClO5. The molecule has 4 fully saturated rings. The Morgan fingerprint density at radius 1 is 1.39 bits per heavy atom. The van der Waals surface area contributed by atoms with E-state index in [0.717, 1.165) is 19.3 Å². The number of halogens is 1. The topological polar surface area (TPSA) is 61.8 Å². The number of fused-ring (bicyclic) bond motifs is 1. The minimum Gasteiger partial charge on any atom is -0.462 e. The number of hydrogen-bond acceptors (Lipinski definition) is 5. The summed E-state index contributed by atoms with van der Waals surface area (Å²) in [6, 6.07) is -0.222. The molecule has 0 aromatic heterocycles. The summed E-state index contributed by atoms with van der Waals surface area (Å²) < 4.78 is 15.5. The van der Waals surface area contributed by atoms with Crippen molar-refractivity contribution in [3.63, 3.8) is 0 Å². The zero-order valence-electron chi connectivity index (χ0n) is 9.89. The Labute approximate surface area is 110 Å². The Kier molecular flexibility index (Phi) is 2.88. The first-order valence-electron chi connectivity index (χ1n) is 6.22. The number of carbonyl (C=O) groups excluding carboxylic acids is 2. The third-order valence-electron chi connectivity index (χ3n) is 4.18. The van der Waals surface area contributed by atoms with Gasteiger partial charge >= 0.3 is 12.1 Å². The Morgan fingerprint density at radius 3 is 3.00 bits per heavy atom. The molecule has 0 aromatic carbocycles. The minimum absolute atomic E-state index is 0.118. The summed E-state index contributed by atoms with van der Waals surface area (Å²) in [6.07, 6.45) is 2.81. The van der Waals surface area contributed by atoms with Crippen LogP contribution < -0.4 is 0 Å². The third-order valence-corrected chi connectivity index (χ3v) is 4.29. The maximum atomic E-state index is 11.8. The van der Waals surface area contributed by atoms with Crippen LogP contribution in [0.1, 0.15) is 32.1 Å². The summed E-state index contributed by atoms with van der Waals surface area (Å²) in [5, 5.41) is 0. The van der Waals surface area contributed by atoms with Gasteiger partial charge in [-0.3, -0.25) is 4.79 Å². The van der Waals surface area contributed by atoms with Crippen LogP contribution in [0, 0.1) is 11.8 Å². The van der Waals surface area contributed by atoms with Gasteiger partial charge in [-0.1, -0.05) is 11.6 Å². The number of hydrogen-bond donors (Lipinski definition) is 0. The molecule has 0 radical (unpaired) electrons. The van der Waals surface area contributed by atoms with Crippen LogP contribution in [-0.2, 0) is 19.0 Å². The quantitative estimate of drug-likeness (QED) is 0.571. The molecule has 4 unspecified atom stereocenters. The summed E-state index contributed by atoms with van der Waals surface area (Å²) in [4.78, 5) is 23.3. The largest absolute Gasteiger partial charge is 0.510 e. The Bertz CT molecular complexity index is 385. The summed E-state index contributed by atoms with van der Waals surface area (Å²) in [6.45, 7) is 0. The maximum absolute atomic E-state index is 11.8. The molecule has 100 valence electrons. The fourth-order valence-corrected chi connectivity index (χ4v) is 3.84. The zero-order valence-corrected chi connectivity index (χ0v) is 10.6. The second kappa shape index (κ2) is 4.30. The molecule has 4 rings (SSSR count). The Hall–Kier alpha value is -0.970. The van der Waals surface area contributed by atoms with E-state index >= 15 is 0 Å². The molecule has 2 saturated carbocycles. The number of carbonyl (C=O) groups is 2. The van der Waals surface area contributed by atoms with E-state index in [-0.39, 0.29) is 24.1 Å². The van der Waals surface area contributed by atoms with Gasteiger partial charge in [0.05, 0.1) is 5.92 Å². The van der Waals surface area contributed by atoms with Crippen LogP contribution in [0.5, 0.6) is 0 Å². The lowest BCUT2D eigenvalue weighted by Crippen LogP contribution is -2.48. The number of ether oxygens (including phenoxy) is 3. The molecule has 4 aliphatic rings. The summed E-state index contributed by atoms with van der Waals surface area (Å²) in [5.41, 5.74) is -0.591. The highest BCUT2D eigenvalue weighted by Gasteiger charge is 2.55. The van der Waals surface area contributed by atoms with Crippen molar-refractivity contribution in [2.75, 3.05) is 6.07 Å². The molecule has 0 N–H and O–H groups in total. The average Bonchev–Trinajstić information content (AvgIpc) is 2.41. The SMILES string of the molecule is O=C(OCCl)OC12CC3CC(C1)OC(=O)C(C3)C2. The lowest BCUT2D eigenvalue weighted by Gasteiger charge is -2.44. The van der Waals surface area contributed by atoms with Gasteiger partial charge in [-0.25, -0.2) is 4.79 Å². The van der Waals surface area contributed by atoms with Crippen LogP contribution in [0.3, 0.4) is 0 Å². The van der Waals surface area contributed by atoms with Gasteiger partial charge < -0.3 is 14.2 Å². The van der Waals surface area contributed by atoms with Crippen LogP contribution in [-0.4, -0.2) is 29.9 Å². The fourth-order valence-electron chi connectivity index (χ4n) is 3.75. The van der Waals surface area contributed by atoms with Crippen molar-refractivity contribution in [3.05, 3.63) is 0 Å². The highest BCUT2D eigenvalue weighted by Crippen LogP contribution is 2.51. The molecule has 4 bridgehead atoms. The van der Waals surface area contributed by atoms with Gasteiger partial charge in [-0.05, 0) is 25.2 Å². The third kappa shape index (κ3) is 2.05. The molecule has 2 aliphatic carbocycles. The highest BCUT2D eigenvalue weighted by atomic mass is 35.5. The standard InChI is InChI=1S/C12H15ClO5/c13-6-16-11(15)18-12-3-7-1-8(4-12)10(14)17-9(2-7)5-12/h7-9H,1-6H2. The number of esters is 1. The fraction of sp³-hybridized carbons (Fsp3) is 0.833. The Morgan fingerprint density at radius 2 is 2.22 bits per heavy atom. The van der Waals surface area contributed by atoms with Crippen molar-refractivity contribution in [2.45, 2.75) is 43.8 Å². The monoisotopic (exact) mass is 274 g/mol. The van der Waals surface area contributed by atoms with E-state index in [4.69, 9.17) is 21.1 Å². The molecule has 0 aromatic rings. The van der Waals surface area contributed by atoms with Gasteiger partial charge in [-0.15, -0.1) is 0 Å². The predicted molar refractivity (Wildman–Crippen MR) is 61.0 cm³/mol. The van der Waals surface area contributed by atoms with Gasteiger partial charge in [0.2, 0.25) is 0 Å². The summed E-state index contributed by atoms with van der Waals surface area (Å²) >= 11 is 5.34. The minimum atomic E-state index is -0.751. The van der Waals surface area contributed by atoms with E-state index in [1.54, 1.807) is 0 Å². The zero-order chi connectivity index (χ0) is 12.8. The van der Waals surface area contributed by atoms with E-state index in [9.17, 15) is 9.59 Å². The molecular weight excluding hydrogens is 260 g/mol. The lowest BCUT2D eigenvalue weighted by molar-refractivity contribution is -0.151. The van der Waals surface area contributed by atoms with Gasteiger partial charge in [0.25, 0.3) is 0 Å². The predicted octanol–water partition coefficient (Wildman–Crippen LogP) is 2.21. The van der Waals surface area contributed by atoms with Crippen LogP contribution in [0.4, 0.5) is 4.79 Å². The molecule has 5 nitrogen and oxygen atoms in total. The van der Waals surface area contributed by atoms with Crippen molar-refractivity contribution in [3.8, 4) is 0 Å². The van der Waals surface area contributed by atoms with Crippen LogP contribution >= 0.6 is 11.6 Å². The summed E-state index contributed by atoms with van der Waals surface area (Å²) in [5.74, 6) is 0.121. The van der Waals surface area contributed by atoms with Crippen LogP contribution in [0.25, 0.3) is 0 Å². The highest BCUT2D eigenvalue weighted by molar-refractivity contribution is 6.17. The van der Waals surface area contributed by atoms with Gasteiger partial charge in [0.15, 0.2) is 6.07 Å². The maximum Gasteiger partial charge on any atom is 0.510 e. The first-order chi connectivity index (χ1) is 8.60. The first kappa shape index (κ1) is 12.1. The van der Waals surface area contributed by atoms with E-state index in [1.807, 2.05) is 0 Å². The first-order valence-corrected chi connectivity index (χ1v) is 6.76. The van der Waals surface area contributed by atoms with Crippen molar-refractivity contribution < 1.29 is 23.8 Å². The van der Waals surface area contributed by atoms with Gasteiger partial charge in [0.1, 0.15) is 11.7 Å². The van der Waals surface area contributed by atoms with Crippen LogP contribution in [0.15, 0.2) is 0 Å². The number of alkyl halides is 1. The smallest absolute Gasteiger partial charge is 0.462 e. The van der Waals surface area contributed by atoms with E-state index in [0.29, 0.717) is 18.8 Å². The molecule has 0 amide bonds. The molecule has 2 saturated heterocycles. The average molecular weight is 275 g/mol. The van der Waals surface area contributed by atoms with Gasteiger partial charge in [-0.2, -0.15) is 0 Å². The molecule has 0 spiro atoms. The molecule has 18 heavy (non-hydrogen) atoms. The lowest BCUT2D eigenvalue weighted by atomic mass is 9.65. The van der Waals surface area contributed by atoms with E-state index in [1.165, 1.54) is 0 Å². The van der Waals surface area contributed by atoms with E-state index in [2.05, 4.69) is 4.74 Å². The second-order valence-electron chi connectivity index (χ2n) is 5.49. The second-order valence-corrected chi connectivity index (χ2v) is 5.71. The van der Waals surface area contributed by atoms with Gasteiger partial charge in [0, 0.05) is 12.8 Å². The van der Waals surface area contributed by atoms with Crippen molar-refractivity contribution in [1.29, 1.82) is 0 Å². The summed E-state index contributed by atoms with van der Waals surface area (Å²) in [7, 11) is 0. The number of rotatable bonds is 2. The molecule has 2 aliphatic heterocycles. The molecule has 2 heterocycles. The normalized spacial score (nSPS) is 41.2. The van der Waals surface area contributed by atoms with Crippen molar-refractivity contribution >= 4 is 23.7 Å².